The van der Waals surface area contributed by atoms with Crippen LogP contribution in [0.4, 0.5) is 0 Å². The molecule has 1 aromatic carbocycles. The number of nitrogens with zero attached hydrogens (tertiary/aromatic N) is 1. The van der Waals surface area contributed by atoms with E-state index in [-0.39, 0.29) is 11.2 Å². The van der Waals surface area contributed by atoms with Crippen LogP contribution in [0.2, 0.25) is 10.0 Å². The van der Waals surface area contributed by atoms with Crippen molar-refractivity contribution in [3.8, 4) is 0 Å². The SMILES string of the molecule is C=CCNC(=S)/C(=C(\O)c1ccc(Cl)c(Cl)c1)[n+]1ccc(C(C)(C)C)cc1. The lowest BCUT2D eigenvalue weighted by Gasteiger charge is -2.18. The zero-order chi connectivity index (χ0) is 20.2. The summed E-state index contributed by atoms with van der Waals surface area (Å²) in [6.07, 6.45) is 5.46. The topological polar surface area (TPSA) is 36.1 Å². The number of hydrogen-bond acceptors (Lipinski definition) is 2. The Labute approximate surface area is 175 Å². The van der Waals surface area contributed by atoms with Gasteiger partial charge in [-0.05, 0) is 29.2 Å². The second-order valence-corrected chi connectivity index (χ2v) is 8.29. The zero-order valence-electron chi connectivity index (χ0n) is 15.6. The van der Waals surface area contributed by atoms with Crippen LogP contribution in [0.3, 0.4) is 0 Å². The van der Waals surface area contributed by atoms with Gasteiger partial charge in [-0.2, -0.15) is 4.57 Å². The van der Waals surface area contributed by atoms with Crippen molar-refractivity contribution >= 4 is 51.9 Å². The second-order valence-electron chi connectivity index (χ2n) is 7.07. The third-order valence-corrected chi connectivity index (χ3v) is 5.07. The van der Waals surface area contributed by atoms with Crippen molar-refractivity contribution in [2.45, 2.75) is 26.2 Å². The van der Waals surface area contributed by atoms with E-state index in [0.29, 0.717) is 32.8 Å². The number of hydrogen-bond donors (Lipinski definition) is 2. The number of pyridine rings is 1. The highest BCUT2D eigenvalue weighted by atomic mass is 35.5. The fraction of sp³-hybridized carbons (Fsp3) is 0.238. The molecule has 142 valence electrons. The van der Waals surface area contributed by atoms with Crippen LogP contribution in [0.15, 0.2) is 55.4 Å². The molecule has 0 unspecified atom stereocenters. The van der Waals surface area contributed by atoms with Crippen LogP contribution in [-0.4, -0.2) is 16.6 Å². The molecule has 0 aliphatic heterocycles. The number of thiocarbonyl (C=S) groups is 1. The highest BCUT2D eigenvalue weighted by Gasteiger charge is 2.25. The van der Waals surface area contributed by atoms with Crippen molar-refractivity contribution in [3.05, 3.63) is 76.6 Å². The summed E-state index contributed by atoms with van der Waals surface area (Å²) in [5, 5.41) is 14.8. The predicted octanol–water partition coefficient (Wildman–Crippen LogP) is 5.57. The van der Waals surface area contributed by atoms with Gasteiger partial charge in [0.1, 0.15) is 0 Å². The first-order valence-corrected chi connectivity index (χ1v) is 9.61. The lowest BCUT2D eigenvalue weighted by molar-refractivity contribution is -0.576. The first-order chi connectivity index (χ1) is 12.6. The Morgan fingerprint density at radius 2 is 1.81 bits per heavy atom. The van der Waals surface area contributed by atoms with Crippen molar-refractivity contribution in [1.29, 1.82) is 0 Å². The Bertz CT molecular complexity index is 884. The normalized spacial score (nSPS) is 12.3. The van der Waals surface area contributed by atoms with E-state index in [1.165, 1.54) is 5.56 Å². The van der Waals surface area contributed by atoms with Gasteiger partial charge in [0.15, 0.2) is 23.1 Å². The van der Waals surface area contributed by atoms with Gasteiger partial charge in [-0.1, -0.05) is 62.3 Å². The van der Waals surface area contributed by atoms with E-state index in [1.54, 1.807) is 28.8 Å². The Morgan fingerprint density at radius 1 is 1.19 bits per heavy atom. The number of rotatable bonds is 5. The molecule has 0 aliphatic rings. The van der Waals surface area contributed by atoms with E-state index in [1.807, 2.05) is 24.5 Å². The molecule has 2 N–H and O–H groups in total. The standard InChI is InChI=1S/C21H22Cl2N2OS/c1-5-10-24-20(27)18(19(26)14-6-7-16(22)17(23)13-14)25-11-8-15(9-12-25)21(2,3)4/h5-9,11-13H,1,10H2,2-4H3,(H-,24,26,27)/p+1. The summed E-state index contributed by atoms with van der Waals surface area (Å²) in [7, 11) is 0. The lowest BCUT2D eigenvalue weighted by atomic mass is 9.88. The van der Waals surface area contributed by atoms with E-state index < -0.39 is 0 Å². The average molecular weight is 422 g/mol. The van der Waals surface area contributed by atoms with Crippen molar-refractivity contribution in [1.82, 2.24) is 5.32 Å². The monoisotopic (exact) mass is 421 g/mol. The van der Waals surface area contributed by atoms with E-state index in [4.69, 9.17) is 35.4 Å². The first kappa shape index (κ1) is 21.4. The smallest absolute Gasteiger partial charge is 0.287 e. The fourth-order valence-corrected chi connectivity index (χ4v) is 3.03. The summed E-state index contributed by atoms with van der Waals surface area (Å²) in [5.74, 6) is 0.00337. The molecule has 1 heterocycles. The van der Waals surface area contributed by atoms with E-state index in [0.717, 1.165) is 0 Å². The van der Waals surface area contributed by atoms with Crippen molar-refractivity contribution in [3.63, 3.8) is 0 Å². The number of halogens is 2. The second kappa shape index (κ2) is 8.87. The van der Waals surface area contributed by atoms with Gasteiger partial charge in [0.25, 0.3) is 5.70 Å². The van der Waals surface area contributed by atoms with Crippen LogP contribution in [-0.2, 0) is 5.41 Å². The number of aliphatic hydroxyl groups is 1. The van der Waals surface area contributed by atoms with Gasteiger partial charge >= 0.3 is 0 Å². The molecular formula is C21H23Cl2N2OS+. The zero-order valence-corrected chi connectivity index (χ0v) is 17.9. The molecule has 2 aromatic rings. The maximum Gasteiger partial charge on any atom is 0.287 e. The lowest BCUT2D eigenvalue weighted by Crippen LogP contribution is -2.41. The molecule has 0 fully saturated rings. The average Bonchev–Trinajstić information content (AvgIpc) is 2.62. The Morgan fingerprint density at radius 3 is 2.33 bits per heavy atom. The molecule has 0 amide bonds. The minimum Gasteiger partial charge on any atom is -0.502 e. The van der Waals surface area contributed by atoms with Crippen molar-refractivity contribution < 1.29 is 9.67 Å². The molecule has 2 rings (SSSR count). The maximum atomic E-state index is 11.0. The van der Waals surface area contributed by atoms with Gasteiger partial charge in [-0.25, -0.2) is 0 Å². The number of nitrogens with one attached hydrogen (secondary N) is 1. The summed E-state index contributed by atoms with van der Waals surface area (Å²) in [6, 6.07) is 8.97. The largest absolute Gasteiger partial charge is 0.502 e. The summed E-state index contributed by atoms with van der Waals surface area (Å²) in [6.45, 7) is 10.6. The molecular weight excluding hydrogens is 399 g/mol. The summed E-state index contributed by atoms with van der Waals surface area (Å²) in [4.78, 5) is 0.395. The summed E-state index contributed by atoms with van der Waals surface area (Å²) < 4.78 is 1.78. The Balaban J connectivity index is 2.58. The number of aromatic nitrogens is 1. The molecule has 3 nitrogen and oxygen atoms in total. The molecule has 0 radical (unpaired) electrons. The Hall–Kier alpha value is -1.88. The van der Waals surface area contributed by atoms with Gasteiger partial charge in [-0.15, -0.1) is 6.58 Å². The van der Waals surface area contributed by atoms with Crippen LogP contribution in [0.1, 0.15) is 31.9 Å². The summed E-state index contributed by atoms with van der Waals surface area (Å²) >= 11 is 17.6. The molecule has 0 aliphatic carbocycles. The third kappa shape index (κ3) is 5.32. The predicted molar refractivity (Wildman–Crippen MR) is 118 cm³/mol. The van der Waals surface area contributed by atoms with Gasteiger partial charge < -0.3 is 10.4 Å². The Kier molecular flexibility index (Phi) is 7.04. The molecule has 0 saturated carbocycles. The van der Waals surface area contributed by atoms with Gasteiger partial charge in [0, 0.05) is 24.2 Å². The first-order valence-electron chi connectivity index (χ1n) is 8.45. The van der Waals surface area contributed by atoms with Gasteiger partial charge in [-0.3, -0.25) is 0 Å². The summed E-state index contributed by atoms with van der Waals surface area (Å²) in [5.41, 5.74) is 2.17. The fourth-order valence-electron chi connectivity index (χ4n) is 2.45. The van der Waals surface area contributed by atoms with Crippen LogP contribution >= 0.6 is 35.4 Å². The molecule has 0 atom stereocenters. The number of aliphatic hydroxyl groups excluding tert-OH is 1. The van der Waals surface area contributed by atoms with E-state index >= 15 is 0 Å². The molecule has 6 heteroatoms. The van der Waals surface area contributed by atoms with E-state index in [9.17, 15) is 5.11 Å². The molecule has 27 heavy (non-hydrogen) atoms. The highest BCUT2D eigenvalue weighted by Crippen LogP contribution is 2.27. The molecule has 0 spiro atoms. The molecule has 1 aromatic heterocycles. The number of benzene rings is 1. The van der Waals surface area contributed by atoms with Crippen LogP contribution in [0.25, 0.3) is 11.5 Å². The highest BCUT2D eigenvalue weighted by molar-refractivity contribution is 7.81. The molecule has 0 saturated heterocycles. The van der Waals surface area contributed by atoms with Crippen LogP contribution in [0, 0.1) is 0 Å². The maximum absolute atomic E-state index is 11.0. The van der Waals surface area contributed by atoms with Gasteiger partial charge in [0.2, 0.25) is 0 Å². The quantitative estimate of drug-likeness (QED) is 0.218. The van der Waals surface area contributed by atoms with Crippen LogP contribution < -0.4 is 9.88 Å². The minimum atomic E-state index is 0.00337. The van der Waals surface area contributed by atoms with E-state index in [2.05, 4.69) is 32.7 Å². The third-order valence-electron chi connectivity index (χ3n) is 3.99. The van der Waals surface area contributed by atoms with Crippen molar-refractivity contribution in [2.75, 3.05) is 6.54 Å². The minimum absolute atomic E-state index is 0.00337. The van der Waals surface area contributed by atoms with Crippen molar-refractivity contribution in [2.24, 2.45) is 0 Å². The molecule has 0 bridgehead atoms. The van der Waals surface area contributed by atoms with Crippen LogP contribution in [0.5, 0.6) is 0 Å². The van der Waals surface area contributed by atoms with Gasteiger partial charge in [0.05, 0.1) is 10.0 Å².